The molecule has 1 aliphatic rings. The molecule has 1 fully saturated rings. The largest absolute Gasteiger partial charge is 0.485 e. The van der Waals surface area contributed by atoms with Crippen LogP contribution >= 0.6 is 0 Å². The van der Waals surface area contributed by atoms with Gasteiger partial charge in [0.15, 0.2) is 6.61 Å². The SMILES string of the molecule is NC(=O)c1cc2cc(C(F)(F)F)ccc2cc1OCC(=O)c1c[nH]c2cc(C3CC3)ccc12. The van der Waals surface area contributed by atoms with Crippen LogP contribution in [0.25, 0.3) is 21.7 Å². The Bertz CT molecular complexity index is 1420. The number of fused-ring (bicyclic) bond motifs is 2. The Morgan fingerprint density at radius 1 is 1.00 bits per heavy atom. The van der Waals surface area contributed by atoms with Gasteiger partial charge in [-0.25, -0.2) is 0 Å². The zero-order chi connectivity index (χ0) is 23.3. The van der Waals surface area contributed by atoms with E-state index in [1.807, 2.05) is 18.2 Å². The molecule has 0 radical (unpaired) electrons. The highest BCUT2D eigenvalue weighted by atomic mass is 19.4. The zero-order valence-electron chi connectivity index (χ0n) is 17.3. The Balaban J connectivity index is 1.41. The summed E-state index contributed by atoms with van der Waals surface area (Å²) in [5, 5.41) is 1.40. The van der Waals surface area contributed by atoms with Gasteiger partial charge in [-0.15, -0.1) is 0 Å². The van der Waals surface area contributed by atoms with E-state index >= 15 is 0 Å². The number of ketones is 1. The fourth-order valence-electron chi connectivity index (χ4n) is 4.03. The van der Waals surface area contributed by atoms with E-state index in [-0.39, 0.29) is 29.1 Å². The van der Waals surface area contributed by atoms with E-state index < -0.39 is 17.6 Å². The number of amides is 1. The predicted octanol–water partition coefficient (Wildman–Crippen LogP) is 5.58. The molecule has 1 aromatic heterocycles. The number of carbonyl (C=O) groups excluding carboxylic acids is 2. The number of nitrogens with two attached hydrogens (primary N) is 1. The van der Waals surface area contributed by atoms with Gasteiger partial charge in [0.25, 0.3) is 5.91 Å². The van der Waals surface area contributed by atoms with Gasteiger partial charge in [-0.2, -0.15) is 13.2 Å². The van der Waals surface area contributed by atoms with Gasteiger partial charge in [0.2, 0.25) is 5.78 Å². The number of alkyl halides is 3. The van der Waals surface area contributed by atoms with Gasteiger partial charge in [-0.05, 0) is 65.4 Å². The Kier molecular flexibility index (Phi) is 4.88. The number of Topliss-reactive ketones (excluding diaryl/α,β-unsaturated/α-hetero) is 1. The monoisotopic (exact) mass is 452 g/mol. The minimum atomic E-state index is -4.51. The van der Waals surface area contributed by atoms with E-state index in [1.165, 1.54) is 36.6 Å². The van der Waals surface area contributed by atoms with Crippen molar-refractivity contribution in [2.75, 3.05) is 6.61 Å². The number of primary amides is 1. The van der Waals surface area contributed by atoms with Crippen molar-refractivity contribution < 1.29 is 27.5 Å². The lowest BCUT2D eigenvalue weighted by atomic mass is 10.0. The molecule has 0 atom stereocenters. The van der Waals surface area contributed by atoms with Crippen LogP contribution in [0, 0.1) is 0 Å². The van der Waals surface area contributed by atoms with Gasteiger partial charge >= 0.3 is 6.18 Å². The Morgan fingerprint density at radius 2 is 1.79 bits per heavy atom. The quantitative estimate of drug-likeness (QED) is 0.375. The van der Waals surface area contributed by atoms with Gasteiger partial charge in [-0.1, -0.05) is 18.2 Å². The summed E-state index contributed by atoms with van der Waals surface area (Å²) in [6, 6.07) is 11.8. The number of benzene rings is 3. The lowest BCUT2D eigenvalue weighted by molar-refractivity contribution is -0.137. The van der Waals surface area contributed by atoms with Crippen LogP contribution in [-0.2, 0) is 6.18 Å². The lowest BCUT2D eigenvalue weighted by Gasteiger charge is -2.12. The molecule has 1 heterocycles. The van der Waals surface area contributed by atoms with Crippen molar-refractivity contribution in [2.45, 2.75) is 24.9 Å². The number of ether oxygens (including phenoxy) is 1. The van der Waals surface area contributed by atoms with Crippen molar-refractivity contribution in [3.8, 4) is 5.75 Å². The number of nitrogens with one attached hydrogen (secondary N) is 1. The molecule has 33 heavy (non-hydrogen) atoms. The summed E-state index contributed by atoms with van der Waals surface area (Å²) in [5.74, 6) is -0.536. The third-order valence-corrected chi connectivity index (χ3v) is 5.95. The van der Waals surface area contributed by atoms with Gasteiger partial charge in [0.1, 0.15) is 5.75 Å². The van der Waals surface area contributed by atoms with Crippen LogP contribution in [0.2, 0.25) is 0 Å². The molecule has 8 heteroatoms. The van der Waals surface area contributed by atoms with Gasteiger partial charge < -0.3 is 15.5 Å². The van der Waals surface area contributed by atoms with E-state index in [2.05, 4.69) is 4.98 Å². The molecular formula is C25H19F3N2O3. The number of carbonyl (C=O) groups is 2. The maximum absolute atomic E-state index is 13.0. The molecule has 0 bridgehead atoms. The smallest absolute Gasteiger partial charge is 0.416 e. The molecule has 5 nitrogen and oxygen atoms in total. The lowest BCUT2D eigenvalue weighted by Crippen LogP contribution is -2.16. The van der Waals surface area contributed by atoms with Crippen LogP contribution in [0.4, 0.5) is 13.2 Å². The zero-order valence-corrected chi connectivity index (χ0v) is 17.3. The minimum Gasteiger partial charge on any atom is -0.485 e. The van der Waals surface area contributed by atoms with Crippen molar-refractivity contribution in [3.05, 3.63) is 77.0 Å². The van der Waals surface area contributed by atoms with Gasteiger partial charge in [0, 0.05) is 22.7 Å². The van der Waals surface area contributed by atoms with Crippen LogP contribution in [-0.4, -0.2) is 23.3 Å². The van der Waals surface area contributed by atoms with Crippen LogP contribution in [0.15, 0.2) is 54.7 Å². The van der Waals surface area contributed by atoms with Gasteiger partial charge in [-0.3, -0.25) is 9.59 Å². The van der Waals surface area contributed by atoms with Crippen molar-refractivity contribution in [1.82, 2.24) is 4.98 Å². The highest BCUT2D eigenvalue weighted by Gasteiger charge is 2.30. The number of rotatable bonds is 6. The highest BCUT2D eigenvalue weighted by Crippen LogP contribution is 2.41. The molecule has 0 unspecified atom stereocenters. The summed E-state index contributed by atoms with van der Waals surface area (Å²) in [5.41, 5.74) is 7.06. The summed E-state index contributed by atoms with van der Waals surface area (Å²) >= 11 is 0. The van der Waals surface area contributed by atoms with Crippen molar-refractivity contribution in [3.63, 3.8) is 0 Å². The fourth-order valence-corrected chi connectivity index (χ4v) is 4.03. The average Bonchev–Trinajstić information content (AvgIpc) is 3.54. The predicted molar refractivity (Wildman–Crippen MR) is 118 cm³/mol. The van der Waals surface area contributed by atoms with Crippen LogP contribution in [0.5, 0.6) is 5.75 Å². The Hall–Kier alpha value is -3.81. The molecule has 0 aliphatic heterocycles. The van der Waals surface area contributed by atoms with E-state index in [0.717, 1.165) is 23.0 Å². The molecular weight excluding hydrogens is 433 g/mol. The first-order valence-corrected chi connectivity index (χ1v) is 10.4. The van der Waals surface area contributed by atoms with E-state index in [4.69, 9.17) is 10.5 Å². The normalized spacial score (nSPS) is 14.0. The Morgan fingerprint density at radius 3 is 2.48 bits per heavy atom. The molecule has 0 saturated heterocycles. The van der Waals surface area contributed by atoms with Gasteiger partial charge in [0.05, 0.1) is 11.1 Å². The number of hydrogen-bond donors (Lipinski definition) is 2. The summed E-state index contributed by atoms with van der Waals surface area (Å²) in [7, 11) is 0. The molecule has 1 saturated carbocycles. The number of aromatic amines is 1. The third kappa shape index (κ3) is 4.04. The summed E-state index contributed by atoms with van der Waals surface area (Å²) in [6.07, 6.45) is -0.531. The topological polar surface area (TPSA) is 85.2 Å². The fraction of sp³-hybridized carbons (Fsp3) is 0.200. The average molecular weight is 452 g/mol. The van der Waals surface area contributed by atoms with Crippen molar-refractivity contribution in [2.24, 2.45) is 5.73 Å². The van der Waals surface area contributed by atoms with Crippen LogP contribution in [0.1, 0.15) is 50.6 Å². The second-order valence-corrected chi connectivity index (χ2v) is 8.27. The third-order valence-electron chi connectivity index (χ3n) is 5.95. The molecule has 1 aliphatic carbocycles. The molecule has 3 N–H and O–H groups in total. The van der Waals surface area contributed by atoms with Crippen molar-refractivity contribution in [1.29, 1.82) is 0 Å². The molecule has 5 rings (SSSR count). The highest BCUT2D eigenvalue weighted by molar-refractivity contribution is 6.09. The summed E-state index contributed by atoms with van der Waals surface area (Å²) in [6.45, 7) is -0.357. The van der Waals surface area contributed by atoms with E-state index in [0.29, 0.717) is 16.9 Å². The van der Waals surface area contributed by atoms with E-state index in [1.54, 1.807) is 6.20 Å². The molecule has 1 amide bonds. The summed E-state index contributed by atoms with van der Waals surface area (Å²) < 4.78 is 44.7. The van der Waals surface area contributed by atoms with Crippen LogP contribution < -0.4 is 10.5 Å². The van der Waals surface area contributed by atoms with E-state index in [9.17, 15) is 22.8 Å². The van der Waals surface area contributed by atoms with Crippen LogP contribution in [0.3, 0.4) is 0 Å². The maximum Gasteiger partial charge on any atom is 0.416 e. The molecule has 168 valence electrons. The first-order chi connectivity index (χ1) is 15.7. The Labute approximate surface area is 186 Å². The standard InChI is InChI=1S/C25H19F3N2O3/c26-25(27,28)17-5-3-15-10-23(19(24(29)32)8-16(15)7-17)33-12-22(31)20-11-30-21-9-14(13-1-2-13)4-6-18(20)21/h3-11,13,30H,1-2,12H2,(H2,29,32). The first-order valence-electron chi connectivity index (χ1n) is 10.4. The number of aromatic nitrogens is 1. The maximum atomic E-state index is 13.0. The number of H-pyrrole nitrogens is 1. The number of halogens is 3. The molecule has 3 aromatic carbocycles. The van der Waals surface area contributed by atoms with Crippen molar-refractivity contribution >= 4 is 33.4 Å². The second kappa shape index (κ2) is 7.65. The first kappa shape index (κ1) is 21.1. The molecule has 4 aromatic rings. The molecule has 0 spiro atoms. The number of hydrogen-bond acceptors (Lipinski definition) is 3. The summed E-state index contributed by atoms with van der Waals surface area (Å²) in [4.78, 5) is 27.9. The minimum absolute atomic E-state index is 0.0407. The second-order valence-electron chi connectivity index (χ2n) is 8.27.